The number of aliphatic carboxylic acids is 1. The second kappa shape index (κ2) is 9.34. The molecule has 0 unspecified atom stereocenters. The van der Waals surface area contributed by atoms with E-state index in [1.54, 1.807) is 0 Å². The molecule has 0 spiro atoms. The first-order valence-electron chi connectivity index (χ1n) is 9.39. The Morgan fingerprint density at radius 3 is 2.21 bits per heavy atom. The molecule has 2 aromatic carbocycles. The molecule has 0 bridgehead atoms. The van der Waals surface area contributed by atoms with Crippen LogP contribution in [0.4, 0.5) is 4.79 Å². The first-order chi connectivity index (χ1) is 13.6. The third kappa shape index (κ3) is 4.49. The van der Waals surface area contributed by atoms with Gasteiger partial charge in [0.05, 0.1) is 0 Å². The number of nitrogens with two attached hydrogens (primary N) is 1. The second-order valence-corrected chi connectivity index (χ2v) is 6.81. The molecule has 1 amide bonds. The summed E-state index contributed by atoms with van der Waals surface area (Å²) in [7, 11) is 0. The van der Waals surface area contributed by atoms with Crippen LogP contribution in [0.5, 0.6) is 0 Å². The number of hydrogen-bond donors (Lipinski definition) is 4. The van der Waals surface area contributed by atoms with Crippen LogP contribution in [-0.2, 0) is 9.53 Å². The van der Waals surface area contributed by atoms with E-state index >= 15 is 0 Å². The van der Waals surface area contributed by atoms with Crippen molar-refractivity contribution in [1.82, 2.24) is 10.7 Å². The zero-order valence-corrected chi connectivity index (χ0v) is 15.6. The lowest BCUT2D eigenvalue weighted by Crippen LogP contribution is -2.41. The van der Waals surface area contributed by atoms with Crippen molar-refractivity contribution in [2.75, 3.05) is 13.2 Å². The maximum atomic E-state index is 12.2. The Bertz CT molecular complexity index is 794. The van der Waals surface area contributed by atoms with Crippen LogP contribution in [0.15, 0.2) is 48.5 Å². The van der Waals surface area contributed by atoms with Crippen molar-refractivity contribution in [2.45, 2.75) is 31.2 Å². The predicted octanol–water partition coefficient (Wildman–Crippen LogP) is 2.61. The number of rotatable bonds is 9. The lowest BCUT2D eigenvalue weighted by atomic mass is 9.98. The Hall–Kier alpha value is -2.90. The highest BCUT2D eigenvalue weighted by atomic mass is 16.5. The predicted molar refractivity (Wildman–Crippen MR) is 106 cm³/mol. The van der Waals surface area contributed by atoms with Crippen LogP contribution >= 0.6 is 0 Å². The number of hydrogen-bond acceptors (Lipinski definition) is 5. The number of nitrogens with one attached hydrogen (secondary N) is 2. The molecule has 1 atom stereocenters. The van der Waals surface area contributed by atoms with Crippen molar-refractivity contribution in [1.29, 1.82) is 0 Å². The largest absolute Gasteiger partial charge is 0.480 e. The van der Waals surface area contributed by atoms with E-state index in [0.717, 1.165) is 28.7 Å². The number of ether oxygens (including phenoxy) is 1. The molecule has 0 saturated carbocycles. The van der Waals surface area contributed by atoms with E-state index in [2.05, 4.69) is 22.9 Å². The highest BCUT2D eigenvalue weighted by Gasteiger charge is 2.29. The number of carboxylic acid groups (broad SMARTS) is 1. The van der Waals surface area contributed by atoms with Gasteiger partial charge in [0.25, 0.3) is 0 Å². The van der Waals surface area contributed by atoms with Gasteiger partial charge < -0.3 is 15.2 Å². The average Bonchev–Trinajstić information content (AvgIpc) is 3.02. The topological polar surface area (TPSA) is 114 Å². The van der Waals surface area contributed by atoms with Gasteiger partial charge in [-0.3, -0.25) is 11.3 Å². The van der Waals surface area contributed by atoms with Crippen LogP contribution in [0.2, 0.25) is 0 Å². The Morgan fingerprint density at radius 1 is 1.04 bits per heavy atom. The molecule has 0 saturated heterocycles. The normalized spacial score (nSPS) is 13.5. The van der Waals surface area contributed by atoms with Crippen molar-refractivity contribution < 1.29 is 19.4 Å². The summed E-state index contributed by atoms with van der Waals surface area (Å²) in [6.45, 7) is 0.751. The number of carbonyl (C=O) groups is 2. The zero-order chi connectivity index (χ0) is 19.9. The number of benzene rings is 2. The molecule has 1 aliphatic carbocycles. The number of carbonyl (C=O) groups excluding carboxylic acids is 1. The van der Waals surface area contributed by atoms with Gasteiger partial charge in [-0.2, -0.15) is 0 Å². The zero-order valence-electron chi connectivity index (χ0n) is 15.6. The molecule has 0 aliphatic heterocycles. The minimum Gasteiger partial charge on any atom is -0.480 e. The molecule has 7 heteroatoms. The minimum absolute atomic E-state index is 0.0583. The third-order valence-electron chi connectivity index (χ3n) is 5.00. The Balaban J connectivity index is 1.60. The summed E-state index contributed by atoms with van der Waals surface area (Å²) in [5.74, 6) is 4.06. The second-order valence-electron chi connectivity index (χ2n) is 6.81. The molecule has 3 rings (SSSR count). The van der Waals surface area contributed by atoms with Crippen LogP contribution in [0.1, 0.15) is 36.3 Å². The quantitative estimate of drug-likeness (QED) is 0.301. The van der Waals surface area contributed by atoms with Gasteiger partial charge in [0.1, 0.15) is 12.6 Å². The van der Waals surface area contributed by atoms with E-state index in [4.69, 9.17) is 10.6 Å². The highest BCUT2D eigenvalue weighted by molar-refractivity contribution is 5.81. The van der Waals surface area contributed by atoms with Gasteiger partial charge in [0.2, 0.25) is 0 Å². The van der Waals surface area contributed by atoms with Crippen LogP contribution in [0, 0.1) is 0 Å². The van der Waals surface area contributed by atoms with Gasteiger partial charge >= 0.3 is 12.1 Å². The van der Waals surface area contributed by atoms with Gasteiger partial charge in [-0.05, 0) is 41.5 Å². The molecule has 0 fully saturated rings. The molecule has 2 aromatic rings. The summed E-state index contributed by atoms with van der Waals surface area (Å²) >= 11 is 0. The third-order valence-corrected chi connectivity index (χ3v) is 5.00. The fourth-order valence-electron chi connectivity index (χ4n) is 3.62. The van der Waals surface area contributed by atoms with E-state index < -0.39 is 18.1 Å². The number of alkyl carbamates (subject to hydrolysis) is 1. The van der Waals surface area contributed by atoms with Gasteiger partial charge in [0.15, 0.2) is 0 Å². The average molecular weight is 383 g/mol. The van der Waals surface area contributed by atoms with E-state index in [1.807, 2.05) is 36.4 Å². The Labute approximate surface area is 163 Å². The van der Waals surface area contributed by atoms with E-state index in [0.29, 0.717) is 19.4 Å². The summed E-state index contributed by atoms with van der Waals surface area (Å²) in [5, 5.41) is 11.8. The minimum atomic E-state index is -1.07. The standard InChI is InChI=1S/C21H25N3O4/c22-23-12-6-5-11-19(20(25)26)24-21(27)28-13-18-16-9-3-1-7-14(16)15-8-2-4-10-17(15)18/h1-4,7-10,18-19,23H,5-6,11-13,22H2,(H,24,27)(H,25,26)/t19-/m0/s1. The van der Waals surface area contributed by atoms with Gasteiger partial charge in [-0.1, -0.05) is 48.5 Å². The fourth-order valence-corrected chi connectivity index (χ4v) is 3.62. The molecule has 148 valence electrons. The molecular formula is C21H25N3O4. The highest BCUT2D eigenvalue weighted by Crippen LogP contribution is 2.44. The lowest BCUT2D eigenvalue weighted by Gasteiger charge is -2.17. The van der Waals surface area contributed by atoms with Crippen molar-refractivity contribution in [3.8, 4) is 11.1 Å². The molecule has 1 aliphatic rings. The number of carboxylic acids is 1. The van der Waals surface area contributed by atoms with Crippen molar-refractivity contribution in [3.63, 3.8) is 0 Å². The number of hydrazine groups is 1. The SMILES string of the molecule is NNCCCC[C@H](NC(=O)OCC1c2ccccc2-c2ccccc21)C(=O)O. The number of fused-ring (bicyclic) bond motifs is 3. The summed E-state index contributed by atoms with van der Waals surface area (Å²) < 4.78 is 5.40. The molecule has 0 aromatic heterocycles. The molecule has 5 N–H and O–H groups in total. The lowest BCUT2D eigenvalue weighted by molar-refractivity contribution is -0.139. The Morgan fingerprint density at radius 2 is 1.64 bits per heavy atom. The maximum Gasteiger partial charge on any atom is 0.407 e. The summed E-state index contributed by atoms with van der Waals surface area (Å²) in [4.78, 5) is 23.6. The molecular weight excluding hydrogens is 358 g/mol. The molecule has 28 heavy (non-hydrogen) atoms. The molecule has 0 heterocycles. The molecule has 0 radical (unpaired) electrons. The number of amides is 1. The first-order valence-corrected chi connectivity index (χ1v) is 9.39. The van der Waals surface area contributed by atoms with Crippen LogP contribution in [0.3, 0.4) is 0 Å². The smallest absolute Gasteiger partial charge is 0.407 e. The van der Waals surface area contributed by atoms with Crippen LogP contribution in [0.25, 0.3) is 11.1 Å². The summed E-state index contributed by atoms with van der Waals surface area (Å²) in [6, 6.07) is 15.1. The van der Waals surface area contributed by atoms with Crippen molar-refractivity contribution in [3.05, 3.63) is 59.7 Å². The first kappa shape index (κ1) is 19.9. The fraction of sp³-hybridized carbons (Fsp3) is 0.333. The monoisotopic (exact) mass is 383 g/mol. The van der Waals surface area contributed by atoms with Crippen LogP contribution < -0.4 is 16.6 Å². The maximum absolute atomic E-state index is 12.2. The van der Waals surface area contributed by atoms with Gasteiger partial charge in [0, 0.05) is 12.5 Å². The summed E-state index contributed by atoms with van der Waals surface area (Å²) in [6.07, 6.45) is 0.963. The van der Waals surface area contributed by atoms with Crippen LogP contribution in [-0.4, -0.2) is 36.4 Å². The van der Waals surface area contributed by atoms with Gasteiger partial charge in [-0.15, -0.1) is 0 Å². The number of unbranched alkanes of at least 4 members (excludes halogenated alkanes) is 1. The molecule has 7 nitrogen and oxygen atoms in total. The van der Waals surface area contributed by atoms with Crippen molar-refractivity contribution >= 4 is 12.1 Å². The Kier molecular flexibility index (Phi) is 6.62. The van der Waals surface area contributed by atoms with E-state index in [9.17, 15) is 14.7 Å². The summed E-state index contributed by atoms with van der Waals surface area (Å²) in [5.41, 5.74) is 7.03. The van der Waals surface area contributed by atoms with Gasteiger partial charge in [-0.25, -0.2) is 9.59 Å². The van der Waals surface area contributed by atoms with E-state index in [1.165, 1.54) is 0 Å². The van der Waals surface area contributed by atoms with E-state index in [-0.39, 0.29) is 12.5 Å². The van der Waals surface area contributed by atoms with Crippen molar-refractivity contribution in [2.24, 2.45) is 5.84 Å².